The first-order chi connectivity index (χ1) is 6.27. The molecule has 0 radical (unpaired) electrons. The summed E-state index contributed by atoms with van der Waals surface area (Å²) < 4.78 is 0. The largest absolute Gasteiger partial charge is 0.341 e. The summed E-state index contributed by atoms with van der Waals surface area (Å²) in [6.45, 7) is 3.79. The Labute approximate surface area is 82.9 Å². The summed E-state index contributed by atoms with van der Waals surface area (Å²) in [7, 11) is 1.45. The van der Waals surface area contributed by atoms with Crippen LogP contribution in [-0.2, 0) is 4.84 Å². The molecule has 0 spiro atoms. The van der Waals surface area contributed by atoms with Crippen LogP contribution in [-0.4, -0.2) is 42.1 Å². The highest BCUT2D eigenvalue weighted by atomic mass is 32.2. The van der Waals surface area contributed by atoms with Crippen molar-refractivity contribution < 1.29 is 9.63 Å². The Bertz CT molecular complexity index is 178. The minimum Gasteiger partial charge on any atom is -0.321 e. The van der Waals surface area contributed by atoms with Gasteiger partial charge in [0.05, 0.1) is 7.11 Å². The Kier molecular flexibility index (Phi) is 4.38. The lowest BCUT2D eigenvalue weighted by Gasteiger charge is -2.31. The molecule has 1 rings (SSSR count). The fourth-order valence-corrected chi connectivity index (χ4v) is 2.48. The summed E-state index contributed by atoms with van der Waals surface area (Å²) in [5, 5.41) is 0.580. The van der Waals surface area contributed by atoms with E-state index in [1.807, 2.05) is 11.8 Å². The Balaban J connectivity index is 2.37. The first-order valence-electron chi connectivity index (χ1n) is 4.47. The lowest BCUT2D eigenvalue weighted by Crippen LogP contribution is -2.46. The number of hydrogen-bond donors (Lipinski definition) is 1. The van der Waals surface area contributed by atoms with Crippen molar-refractivity contribution in [1.29, 1.82) is 0 Å². The highest BCUT2D eigenvalue weighted by molar-refractivity contribution is 8.00. The molecule has 1 unspecified atom stereocenters. The lowest BCUT2D eigenvalue weighted by atomic mass is 10.3. The number of carbonyl (C=O) groups is 1. The van der Waals surface area contributed by atoms with Crippen molar-refractivity contribution in [3.8, 4) is 0 Å². The molecule has 0 aromatic carbocycles. The van der Waals surface area contributed by atoms with E-state index in [1.165, 1.54) is 7.11 Å². The Morgan fingerprint density at radius 1 is 1.77 bits per heavy atom. The number of carbonyl (C=O) groups excluding carboxylic acids is 1. The molecule has 1 saturated heterocycles. The van der Waals surface area contributed by atoms with Gasteiger partial charge in [0.25, 0.3) is 0 Å². The second-order valence-corrected chi connectivity index (χ2v) is 4.37. The second kappa shape index (κ2) is 5.34. The molecule has 2 amide bonds. The van der Waals surface area contributed by atoms with Gasteiger partial charge in [-0.3, -0.25) is 4.84 Å². The first-order valence-corrected chi connectivity index (χ1v) is 5.52. The van der Waals surface area contributed by atoms with Gasteiger partial charge in [0.1, 0.15) is 0 Å². The molecule has 0 saturated carbocycles. The van der Waals surface area contributed by atoms with E-state index in [4.69, 9.17) is 0 Å². The van der Waals surface area contributed by atoms with Gasteiger partial charge in [0, 0.05) is 24.1 Å². The van der Waals surface area contributed by atoms with Crippen LogP contribution >= 0.6 is 11.8 Å². The Morgan fingerprint density at radius 2 is 2.54 bits per heavy atom. The van der Waals surface area contributed by atoms with Crippen LogP contribution in [0.4, 0.5) is 4.79 Å². The minimum absolute atomic E-state index is 0.124. The highest BCUT2D eigenvalue weighted by Gasteiger charge is 2.22. The minimum atomic E-state index is -0.124. The average Bonchev–Trinajstić information content (AvgIpc) is 2.18. The van der Waals surface area contributed by atoms with E-state index >= 15 is 0 Å². The summed E-state index contributed by atoms with van der Waals surface area (Å²) in [6.07, 6.45) is 1.11. The number of urea groups is 1. The molecule has 0 aromatic heterocycles. The van der Waals surface area contributed by atoms with E-state index < -0.39 is 0 Å². The molecule has 1 fully saturated rings. The predicted octanol–water partition coefficient (Wildman–Crippen LogP) is 1.08. The van der Waals surface area contributed by atoms with E-state index in [9.17, 15) is 4.79 Å². The monoisotopic (exact) mass is 204 g/mol. The number of rotatable bonds is 2. The lowest BCUT2D eigenvalue weighted by molar-refractivity contribution is 0.0872. The zero-order chi connectivity index (χ0) is 9.68. The zero-order valence-electron chi connectivity index (χ0n) is 8.08. The van der Waals surface area contributed by atoms with Crippen LogP contribution in [0.2, 0.25) is 0 Å². The van der Waals surface area contributed by atoms with Crippen LogP contribution in [0.1, 0.15) is 13.3 Å². The van der Waals surface area contributed by atoms with Crippen molar-refractivity contribution in [3.05, 3.63) is 0 Å². The van der Waals surface area contributed by atoms with Crippen LogP contribution in [0.3, 0.4) is 0 Å². The maximum atomic E-state index is 11.3. The van der Waals surface area contributed by atoms with E-state index in [0.29, 0.717) is 5.25 Å². The molecule has 1 heterocycles. The molecular formula is C8H16N2O2S. The third-order valence-corrected chi connectivity index (χ3v) is 3.44. The number of hydrogen-bond acceptors (Lipinski definition) is 3. The van der Waals surface area contributed by atoms with Gasteiger partial charge < -0.3 is 4.90 Å². The highest BCUT2D eigenvalue weighted by Crippen LogP contribution is 2.20. The summed E-state index contributed by atoms with van der Waals surface area (Å²) in [4.78, 5) is 17.7. The summed E-state index contributed by atoms with van der Waals surface area (Å²) in [5.74, 6) is 1.02. The maximum absolute atomic E-state index is 11.3. The van der Waals surface area contributed by atoms with Crippen molar-refractivity contribution in [2.75, 3.05) is 26.0 Å². The predicted molar refractivity (Wildman–Crippen MR) is 53.7 cm³/mol. The van der Waals surface area contributed by atoms with E-state index in [0.717, 1.165) is 25.3 Å². The van der Waals surface area contributed by atoms with E-state index in [1.54, 1.807) is 4.90 Å². The summed E-state index contributed by atoms with van der Waals surface area (Å²) >= 11 is 1.94. The third kappa shape index (κ3) is 3.08. The van der Waals surface area contributed by atoms with Gasteiger partial charge >= 0.3 is 6.03 Å². The fraction of sp³-hybridized carbons (Fsp3) is 0.875. The van der Waals surface area contributed by atoms with Gasteiger partial charge in [-0.2, -0.15) is 11.8 Å². The van der Waals surface area contributed by atoms with Crippen LogP contribution < -0.4 is 5.48 Å². The van der Waals surface area contributed by atoms with Crippen LogP contribution in [0, 0.1) is 0 Å². The standard InChI is InChI=1S/C8H16N2O2S/c1-3-7-6-10(4-5-13-7)8(11)9-12-2/h7H,3-6H2,1-2H3,(H,9,11). The fourth-order valence-electron chi connectivity index (χ4n) is 1.30. The molecule has 4 nitrogen and oxygen atoms in total. The third-order valence-electron chi connectivity index (χ3n) is 2.07. The smallest absolute Gasteiger partial charge is 0.321 e. The molecule has 76 valence electrons. The van der Waals surface area contributed by atoms with Crippen molar-refractivity contribution in [3.63, 3.8) is 0 Å². The van der Waals surface area contributed by atoms with Crippen LogP contribution in [0.5, 0.6) is 0 Å². The van der Waals surface area contributed by atoms with Crippen molar-refractivity contribution in [2.45, 2.75) is 18.6 Å². The number of nitrogens with one attached hydrogen (secondary N) is 1. The molecule has 13 heavy (non-hydrogen) atoms. The molecule has 0 bridgehead atoms. The number of hydroxylamine groups is 1. The number of thioether (sulfide) groups is 1. The quantitative estimate of drug-likeness (QED) is 0.684. The molecule has 0 aromatic rings. The molecular weight excluding hydrogens is 188 g/mol. The van der Waals surface area contributed by atoms with Crippen molar-refractivity contribution in [2.24, 2.45) is 0 Å². The first kappa shape index (κ1) is 10.7. The number of nitrogens with zero attached hydrogens (tertiary/aromatic N) is 1. The van der Waals surface area contributed by atoms with E-state index in [2.05, 4.69) is 17.2 Å². The summed E-state index contributed by atoms with van der Waals surface area (Å²) in [5.41, 5.74) is 2.34. The van der Waals surface area contributed by atoms with Gasteiger partial charge in [0.15, 0.2) is 0 Å². The molecule has 1 atom stereocenters. The van der Waals surface area contributed by atoms with Crippen molar-refractivity contribution in [1.82, 2.24) is 10.4 Å². The van der Waals surface area contributed by atoms with Gasteiger partial charge in [0.2, 0.25) is 0 Å². The van der Waals surface area contributed by atoms with Gasteiger partial charge in [-0.15, -0.1) is 0 Å². The Hall–Kier alpha value is -0.420. The molecule has 5 heteroatoms. The van der Waals surface area contributed by atoms with Crippen molar-refractivity contribution >= 4 is 17.8 Å². The topological polar surface area (TPSA) is 41.6 Å². The van der Waals surface area contributed by atoms with Gasteiger partial charge in [-0.1, -0.05) is 6.92 Å². The molecule has 1 aliphatic rings. The normalized spacial score (nSPS) is 22.9. The average molecular weight is 204 g/mol. The molecule has 1 aliphatic heterocycles. The maximum Gasteiger partial charge on any atom is 0.341 e. The van der Waals surface area contributed by atoms with E-state index in [-0.39, 0.29) is 6.03 Å². The SMILES string of the molecule is CCC1CN(C(=O)NOC)CCS1. The molecule has 0 aliphatic carbocycles. The molecule has 1 N–H and O–H groups in total. The Morgan fingerprint density at radius 3 is 3.15 bits per heavy atom. The summed E-state index contributed by atoms with van der Waals surface area (Å²) in [6, 6.07) is -0.124. The number of amides is 2. The van der Waals surface area contributed by atoms with Gasteiger partial charge in [-0.05, 0) is 6.42 Å². The van der Waals surface area contributed by atoms with Gasteiger partial charge in [-0.25, -0.2) is 10.3 Å². The van der Waals surface area contributed by atoms with Crippen LogP contribution in [0.15, 0.2) is 0 Å². The second-order valence-electron chi connectivity index (χ2n) is 2.96. The zero-order valence-corrected chi connectivity index (χ0v) is 8.89. The van der Waals surface area contributed by atoms with Crippen LogP contribution in [0.25, 0.3) is 0 Å².